The molecule has 0 aliphatic heterocycles. The fourth-order valence-electron chi connectivity index (χ4n) is 3.21. The van der Waals surface area contributed by atoms with Gasteiger partial charge in [-0.25, -0.2) is 0 Å². The normalized spacial score (nSPS) is 20.6. The van der Waals surface area contributed by atoms with Gasteiger partial charge in [-0.05, 0) is 63.0 Å². The average molecular weight is 259 g/mol. The highest BCUT2D eigenvalue weighted by molar-refractivity contribution is 5.35. The van der Waals surface area contributed by atoms with Gasteiger partial charge in [-0.2, -0.15) is 0 Å². The van der Waals surface area contributed by atoms with Crippen LogP contribution in [-0.2, 0) is 0 Å². The second-order valence-electron chi connectivity index (χ2n) is 6.21. The van der Waals surface area contributed by atoms with Gasteiger partial charge in [0.25, 0.3) is 0 Å². The molecule has 104 valence electrons. The van der Waals surface area contributed by atoms with Crippen LogP contribution < -0.4 is 10.1 Å². The lowest BCUT2D eigenvalue weighted by atomic mass is 9.97. The van der Waals surface area contributed by atoms with Crippen LogP contribution in [-0.4, -0.2) is 13.7 Å². The van der Waals surface area contributed by atoms with E-state index >= 15 is 0 Å². The molecular weight excluding hydrogens is 234 g/mol. The summed E-state index contributed by atoms with van der Waals surface area (Å²) in [6.45, 7) is 3.42. The molecule has 0 heterocycles. The average Bonchev–Trinajstić information content (AvgIpc) is 3.31. The van der Waals surface area contributed by atoms with Crippen LogP contribution in [0.2, 0.25) is 0 Å². The molecule has 2 aliphatic rings. The van der Waals surface area contributed by atoms with Crippen LogP contribution in [0.25, 0.3) is 0 Å². The van der Waals surface area contributed by atoms with Crippen LogP contribution in [0, 0.1) is 17.8 Å². The molecule has 0 spiro atoms. The summed E-state index contributed by atoms with van der Waals surface area (Å²) < 4.78 is 5.45. The highest BCUT2D eigenvalue weighted by Crippen LogP contribution is 2.49. The van der Waals surface area contributed by atoms with E-state index in [1.54, 1.807) is 7.11 Å². The van der Waals surface area contributed by atoms with Crippen molar-refractivity contribution in [1.29, 1.82) is 0 Å². The van der Waals surface area contributed by atoms with Crippen molar-refractivity contribution in [2.24, 2.45) is 17.8 Å². The maximum absolute atomic E-state index is 5.45. The largest absolute Gasteiger partial charge is 0.496 e. The lowest BCUT2D eigenvalue weighted by Gasteiger charge is -2.22. The summed E-state index contributed by atoms with van der Waals surface area (Å²) >= 11 is 0. The van der Waals surface area contributed by atoms with Crippen molar-refractivity contribution < 1.29 is 4.74 Å². The van der Waals surface area contributed by atoms with E-state index in [1.807, 2.05) is 12.1 Å². The smallest absolute Gasteiger partial charge is 0.123 e. The van der Waals surface area contributed by atoms with E-state index in [4.69, 9.17) is 4.74 Å². The topological polar surface area (TPSA) is 21.3 Å². The van der Waals surface area contributed by atoms with Gasteiger partial charge in [-0.1, -0.05) is 18.2 Å². The lowest BCUT2D eigenvalue weighted by molar-refractivity contribution is 0.355. The zero-order valence-electron chi connectivity index (χ0n) is 12.1. The third-order valence-corrected chi connectivity index (χ3v) is 4.72. The first-order valence-electron chi connectivity index (χ1n) is 7.66. The van der Waals surface area contributed by atoms with E-state index in [2.05, 4.69) is 24.4 Å². The minimum Gasteiger partial charge on any atom is -0.496 e. The van der Waals surface area contributed by atoms with Gasteiger partial charge in [0.2, 0.25) is 0 Å². The maximum Gasteiger partial charge on any atom is 0.123 e. The van der Waals surface area contributed by atoms with Gasteiger partial charge < -0.3 is 10.1 Å². The summed E-state index contributed by atoms with van der Waals surface area (Å²) in [5.41, 5.74) is 1.27. The Hall–Kier alpha value is -1.02. The Morgan fingerprint density at radius 2 is 1.79 bits per heavy atom. The van der Waals surface area contributed by atoms with Crippen LogP contribution in [0.1, 0.15) is 44.2 Å². The highest BCUT2D eigenvalue weighted by atomic mass is 16.5. The number of nitrogens with one attached hydrogen (secondary N) is 1. The molecule has 2 aliphatic carbocycles. The molecule has 3 rings (SSSR count). The molecule has 0 amide bonds. The van der Waals surface area contributed by atoms with Crippen LogP contribution in [0.15, 0.2) is 24.3 Å². The van der Waals surface area contributed by atoms with Gasteiger partial charge in [-0.3, -0.25) is 0 Å². The summed E-state index contributed by atoms with van der Waals surface area (Å²) in [5, 5.41) is 3.74. The molecule has 0 radical (unpaired) electrons. The van der Waals surface area contributed by atoms with Crippen molar-refractivity contribution in [3.63, 3.8) is 0 Å². The Labute approximate surface area is 116 Å². The van der Waals surface area contributed by atoms with Crippen LogP contribution in [0.5, 0.6) is 5.75 Å². The van der Waals surface area contributed by atoms with Crippen molar-refractivity contribution in [3.05, 3.63) is 29.8 Å². The van der Waals surface area contributed by atoms with Gasteiger partial charge in [0.1, 0.15) is 5.75 Å². The number of rotatable bonds is 7. The molecule has 1 unspecified atom stereocenters. The fraction of sp³-hybridized carbons (Fsp3) is 0.647. The number of methoxy groups -OCH3 is 1. The van der Waals surface area contributed by atoms with Gasteiger partial charge in [0, 0.05) is 11.6 Å². The van der Waals surface area contributed by atoms with Crippen molar-refractivity contribution in [1.82, 2.24) is 5.32 Å². The molecule has 1 aromatic carbocycles. The van der Waals surface area contributed by atoms with Crippen LogP contribution in [0.3, 0.4) is 0 Å². The fourth-order valence-corrected chi connectivity index (χ4v) is 3.21. The zero-order chi connectivity index (χ0) is 13.2. The van der Waals surface area contributed by atoms with Crippen molar-refractivity contribution in [2.75, 3.05) is 13.7 Å². The third kappa shape index (κ3) is 3.11. The van der Waals surface area contributed by atoms with Crippen molar-refractivity contribution in [3.8, 4) is 5.75 Å². The van der Waals surface area contributed by atoms with E-state index in [0.29, 0.717) is 6.04 Å². The molecule has 0 saturated heterocycles. The zero-order valence-corrected chi connectivity index (χ0v) is 12.1. The van der Waals surface area contributed by atoms with E-state index in [-0.39, 0.29) is 0 Å². The number of hydrogen-bond donors (Lipinski definition) is 1. The molecule has 2 heteroatoms. The standard InChI is InChI=1S/C17H25NO/c1-12(15-5-3-4-6-17(15)19-2)18-11-16(13-7-8-13)14-9-10-14/h3-6,12-14,16,18H,7-11H2,1-2H3. The molecule has 0 bridgehead atoms. The Balaban J connectivity index is 1.59. The molecule has 2 fully saturated rings. The summed E-state index contributed by atoms with van der Waals surface area (Å²) in [7, 11) is 1.75. The molecule has 2 saturated carbocycles. The first-order chi connectivity index (χ1) is 9.29. The molecule has 0 aromatic heterocycles. The van der Waals surface area contributed by atoms with Gasteiger partial charge in [-0.15, -0.1) is 0 Å². The van der Waals surface area contributed by atoms with Gasteiger partial charge >= 0.3 is 0 Å². The predicted molar refractivity (Wildman–Crippen MR) is 78.3 cm³/mol. The van der Waals surface area contributed by atoms with E-state index in [1.165, 1.54) is 37.8 Å². The van der Waals surface area contributed by atoms with Gasteiger partial charge in [0.05, 0.1) is 7.11 Å². The minimum absolute atomic E-state index is 0.371. The maximum atomic E-state index is 5.45. The Kier molecular flexibility index (Phi) is 3.79. The lowest BCUT2D eigenvalue weighted by Crippen LogP contribution is -2.28. The highest BCUT2D eigenvalue weighted by Gasteiger charge is 2.41. The summed E-state index contributed by atoms with van der Waals surface area (Å²) in [4.78, 5) is 0. The number of benzene rings is 1. The molecule has 1 N–H and O–H groups in total. The Morgan fingerprint density at radius 3 is 2.37 bits per heavy atom. The predicted octanol–water partition coefficient (Wildman–Crippen LogP) is 3.78. The van der Waals surface area contributed by atoms with E-state index < -0.39 is 0 Å². The summed E-state index contributed by atoms with van der Waals surface area (Å²) in [6, 6.07) is 8.71. The molecule has 2 nitrogen and oxygen atoms in total. The number of para-hydroxylation sites is 1. The SMILES string of the molecule is COc1ccccc1C(C)NCC(C1CC1)C1CC1. The molecule has 1 aromatic rings. The van der Waals surface area contributed by atoms with E-state index in [0.717, 1.165) is 23.5 Å². The summed E-state index contributed by atoms with van der Waals surface area (Å²) in [5.74, 6) is 3.96. The first-order valence-corrected chi connectivity index (χ1v) is 7.66. The number of ether oxygens (including phenoxy) is 1. The van der Waals surface area contributed by atoms with Crippen LogP contribution in [0.4, 0.5) is 0 Å². The van der Waals surface area contributed by atoms with Crippen LogP contribution >= 0.6 is 0 Å². The van der Waals surface area contributed by atoms with E-state index in [9.17, 15) is 0 Å². The molecular formula is C17H25NO. The monoisotopic (exact) mass is 259 g/mol. The molecule has 19 heavy (non-hydrogen) atoms. The molecule has 1 atom stereocenters. The third-order valence-electron chi connectivity index (χ3n) is 4.72. The Morgan fingerprint density at radius 1 is 1.16 bits per heavy atom. The Bertz CT molecular complexity index is 411. The summed E-state index contributed by atoms with van der Waals surface area (Å²) in [6.07, 6.45) is 5.86. The minimum atomic E-state index is 0.371. The number of hydrogen-bond acceptors (Lipinski definition) is 2. The quantitative estimate of drug-likeness (QED) is 0.804. The second-order valence-corrected chi connectivity index (χ2v) is 6.21. The second kappa shape index (κ2) is 5.54. The first kappa shape index (κ1) is 13.0. The van der Waals surface area contributed by atoms with Crippen molar-refractivity contribution in [2.45, 2.75) is 38.6 Å². The van der Waals surface area contributed by atoms with Crippen molar-refractivity contribution >= 4 is 0 Å². The van der Waals surface area contributed by atoms with Gasteiger partial charge in [0.15, 0.2) is 0 Å².